The van der Waals surface area contributed by atoms with Crippen molar-refractivity contribution in [1.82, 2.24) is 10.2 Å². The molecule has 1 atom stereocenters. The Bertz CT molecular complexity index is 293. The molecule has 1 aliphatic rings. The number of rotatable bonds is 3. The van der Waals surface area contributed by atoms with Crippen molar-refractivity contribution in [1.29, 1.82) is 0 Å². The molecule has 15 heavy (non-hydrogen) atoms. The summed E-state index contributed by atoms with van der Waals surface area (Å²) in [6.07, 6.45) is 0.576. The lowest BCUT2D eigenvalue weighted by Gasteiger charge is -2.29. The summed E-state index contributed by atoms with van der Waals surface area (Å²) in [7, 11) is 0. The predicted octanol–water partition coefficient (Wildman–Crippen LogP) is -0.743. The predicted molar refractivity (Wildman–Crippen MR) is 60.2 cm³/mol. The van der Waals surface area contributed by atoms with Gasteiger partial charge in [-0.15, -0.1) is 0 Å². The Morgan fingerprint density at radius 1 is 1.73 bits per heavy atom. The van der Waals surface area contributed by atoms with Crippen LogP contribution in [0.5, 0.6) is 0 Å². The summed E-state index contributed by atoms with van der Waals surface area (Å²) in [6.45, 7) is 2.99. The number of amides is 2. The normalized spacial score (nSPS) is 18.2. The van der Waals surface area contributed by atoms with Gasteiger partial charge in [0.2, 0.25) is 11.8 Å². The molecule has 1 fully saturated rings. The zero-order chi connectivity index (χ0) is 11.4. The molecule has 6 heteroatoms. The van der Waals surface area contributed by atoms with Gasteiger partial charge in [0.1, 0.15) is 0 Å². The number of nitrogens with one attached hydrogen (secondary N) is 1. The number of hydrogen-bond donors (Lipinski definition) is 2. The molecular formula is C9H15N3O2S. The van der Waals surface area contributed by atoms with Crippen molar-refractivity contribution in [3.05, 3.63) is 0 Å². The van der Waals surface area contributed by atoms with Crippen molar-refractivity contribution in [2.24, 2.45) is 11.7 Å². The number of piperazine rings is 1. The van der Waals surface area contributed by atoms with Crippen LogP contribution in [0.1, 0.15) is 13.3 Å². The van der Waals surface area contributed by atoms with Crippen molar-refractivity contribution in [2.45, 2.75) is 13.3 Å². The van der Waals surface area contributed by atoms with E-state index in [9.17, 15) is 9.59 Å². The Labute approximate surface area is 94.0 Å². The maximum absolute atomic E-state index is 11.9. The van der Waals surface area contributed by atoms with Gasteiger partial charge in [0.25, 0.3) is 0 Å². The van der Waals surface area contributed by atoms with Gasteiger partial charge in [-0.25, -0.2) is 0 Å². The van der Waals surface area contributed by atoms with Crippen LogP contribution in [0.25, 0.3) is 0 Å². The molecule has 0 aromatic carbocycles. The number of carbonyl (C=O) groups is 2. The highest BCUT2D eigenvalue weighted by Gasteiger charge is 2.28. The highest BCUT2D eigenvalue weighted by atomic mass is 32.1. The molecule has 0 aromatic heterocycles. The smallest absolute Gasteiger partial charge is 0.239 e. The Morgan fingerprint density at radius 3 is 2.87 bits per heavy atom. The van der Waals surface area contributed by atoms with Crippen molar-refractivity contribution in [3.8, 4) is 0 Å². The summed E-state index contributed by atoms with van der Waals surface area (Å²) < 4.78 is 0. The van der Waals surface area contributed by atoms with Crippen molar-refractivity contribution < 1.29 is 9.59 Å². The molecule has 1 saturated heterocycles. The van der Waals surface area contributed by atoms with Crippen LogP contribution < -0.4 is 11.1 Å². The van der Waals surface area contributed by atoms with Gasteiger partial charge in [-0.3, -0.25) is 9.59 Å². The Balaban J connectivity index is 2.65. The largest absolute Gasteiger partial charge is 0.393 e. The molecule has 0 radical (unpaired) electrons. The van der Waals surface area contributed by atoms with Crippen LogP contribution >= 0.6 is 12.2 Å². The third-order valence-corrected chi connectivity index (χ3v) is 2.68. The Kier molecular flexibility index (Phi) is 4.02. The Morgan fingerprint density at radius 2 is 2.40 bits per heavy atom. The van der Waals surface area contributed by atoms with E-state index in [1.807, 2.05) is 6.92 Å². The fourth-order valence-corrected chi connectivity index (χ4v) is 1.81. The van der Waals surface area contributed by atoms with E-state index in [4.69, 9.17) is 18.0 Å². The second kappa shape index (κ2) is 5.06. The summed E-state index contributed by atoms with van der Waals surface area (Å²) in [5.74, 6) is -0.710. The van der Waals surface area contributed by atoms with Crippen LogP contribution in [0.4, 0.5) is 0 Å². The maximum Gasteiger partial charge on any atom is 0.239 e. The number of thiocarbonyl (C=S) groups is 1. The van der Waals surface area contributed by atoms with Gasteiger partial charge in [-0.2, -0.15) is 0 Å². The minimum absolute atomic E-state index is 0.109. The van der Waals surface area contributed by atoms with Gasteiger partial charge in [-0.05, 0) is 6.42 Å². The van der Waals surface area contributed by atoms with Crippen molar-refractivity contribution in [2.75, 3.05) is 19.6 Å². The standard InChI is InChI=1S/C9H15N3O2S/c1-2-6(8(10)15)9(14)12-4-3-11-7(13)5-12/h6H,2-5H2,1H3,(H2,10,15)(H,11,13). The first-order valence-corrected chi connectivity index (χ1v) is 5.32. The van der Waals surface area contributed by atoms with Gasteiger partial charge in [0, 0.05) is 13.1 Å². The fourth-order valence-electron chi connectivity index (χ4n) is 1.54. The van der Waals surface area contributed by atoms with Gasteiger partial charge in [-0.1, -0.05) is 19.1 Å². The molecule has 0 aliphatic carbocycles. The monoisotopic (exact) mass is 229 g/mol. The quantitative estimate of drug-likeness (QED) is 0.625. The van der Waals surface area contributed by atoms with Crippen LogP contribution in [0.15, 0.2) is 0 Å². The minimum atomic E-state index is -0.439. The number of nitrogens with zero attached hydrogens (tertiary/aromatic N) is 1. The van der Waals surface area contributed by atoms with E-state index >= 15 is 0 Å². The lowest BCUT2D eigenvalue weighted by Crippen LogP contribution is -2.52. The first-order chi connectivity index (χ1) is 7.06. The molecule has 1 heterocycles. The molecule has 2 amide bonds. The average molecular weight is 229 g/mol. The van der Waals surface area contributed by atoms with Crippen LogP contribution in [0.3, 0.4) is 0 Å². The minimum Gasteiger partial charge on any atom is -0.393 e. The molecule has 0 aromatic rings. The second-order valence-corrected chi connectivity index (χ2v) is 3.94. The Hall–Kier alpha value is -1.17. The highest BCUT2D eigenvalue weighted by molar-refractivity contribution is 7.80. The van der Waals surface area contributed by atoms with Gasteiger partial charge < -0.3 is 16.0 Å². The van der Waals surface area contributed by atoms with E-state index in [1.54, 1.807) is 0 Å². The van der Waals surface area contributed by atoms with Crippen LogP contribution in [0.2, 0.25) is 0 Å². The maximum atomic E-state index is 11.9. The second-order valence-electron chi connectivity index (χ2n) is 3.47. The molecule has 1 rings (SSSR count). The molecule has 84 valence electrons. The van der Waals surface area contributed by atoms with E-state index in [2.05, 4.69) is 5.32 Å². The third-order valence-electron chi connectivity index (χ3n) is 2.40. The SMILES string of the molecule is CCC(C(=O)N1CCNC(=O)C1)C(N)=S. The van der Waals surface area contributed by atoms with E-state index in [0.717, 1.165) is 0 Å². The molecule has 1 aliphatic heterocycles. The average Bonchev–Trinajstić information content (AvgIpc) is 2.18. The zero-order valence-electron chi connectivity index (χ0n) is 8.66. The molecular weight excluding hydrogens is 214 g/mol. The van der Waals surface area contributed by atoms with Crippen LogP contribution in [-0.4, -0.2) is 41.3 Å². The van der Waals surface area contributed by atoms with E-state index < -0.39 is 5.92 Å². The summed E-state index contributed by atoms with van der Waals surface area (Å²) in [4.78, 5) is 24.7. The first-order valence-electron chi connectivity index (χ1n) is 4.91. The van der Waals surface area contributed by atoms with E-state index in [0.29, 0.717) is 19.5 Å². The molecule has 3 N–H and O–H groups in total. The molecule has 0 bridgehead atoms. The van der Waals surface area contributed by atoms with E-state index in [-0.39, 0.29) is 23.3 Å². The number of nitrogens with two attached hydrogens (primary N) is 1. The van der Waals surface area contributed by atoms with Crippen molar-refractivity contribution >= 4 is 29.0 Å². The number of hydrogen-bond acceptors (Lipinski definition) is 3. The fraction of sp³-hybridized carbons (Fsp3) is 0.667. The van der Waals surface area contributed by atoms with Gasteiger partial charge in [0.05, 0.1) is 17.5 Å². The highest BCUT2D eigenvalue weighted by Crippen LogP contribution is 2.09. The summed E-state index contributed by atoms with van der Waals surface area (Å²) >= 11 is 4.82. The first kappa shape index (κ1) is 11.9. The summed E-state index contributed by atoms with van der Waals surface area (Å²) in [6, 6.07) is 0. The summed E-state index contributed by atoms with van der Waals surface area (Å²) in [5.41, 5.74) is 5.47. The van der Waals surface area contributed by atoms with E-state index in [1.165, 1.54) is 4.90 Å². The molecule has 0 spiro atoms. The van der Waals surface area contributed by atoms with Crippen LogP contribution in [-0.2, 0) is 9.59 Å². The lowest BCUT2D eigenvalue weighted by molar-refractivity contribution is -0.139. The lowest BCUT2D eigenvalue weighted by atomic mass is 10.0. The molecule has 1 unspecified atom stereocenters. The van der Waals surface area contributed by atoms with Gasteiger partial charge in [0.15, 0.2) is 0 Å². The third kappa shape index (κ3) is 2.89. The van der Waals surface area contributed by atoms with Crippen molar-refractivity contribution in [3.63, 3.8) is 0 Å². The van der Waals surface area contributed by atoms with Gasteiger partial charge >= 0.3 is 0 Å². The molecule has 5 nitrogen and oxygen atoms in total. The number of carbonyl (C=O) groups excluding carboxylic acids is 2. The zero-order valence-corrected chi connectivity index (χ0v) is 9.47. The summed E-state index contributed by atoms with van der Waals surface area (Å²) in [5, 5.41) is 2.66. The molecule has 0 saturated carbocycles. The van der Waals surface area contributed by atoms with Crippen LogP contribution in [0, 0.1) is 5.92 Å². The topological polar surface area (TPSA) is 75.4 Å².